The molecule has 0 aliphatic carbocycles. The normalized spacial score (nSPS) is 13.3. The van der Waals surface area contributed by atoms with Crippen LogP contribution < -0.4 is 0 Å². The van der Waals surface area contributed by atoms with E-state index in [1.165, 1.54) is 12.6 Å². The number of benzene rings is 1. The van der Waals surface area contributed by atoms with Crippen molar-refractivity contribution in [2.45, 2.75) is 78.3 Å². The average molecular weight is 292 g/mol. The largest absolute Gasteiger partial charge is 0.0911 e. The fourth-order valence-electron chi connectivity index (χ4n) is 3.00. The summed E-state index contributed by atoms with van der Waals surface area (Å²) in [5.74, 6) is 0.728. The molecule has 1 aromatic rings. The molecule has 1 aromatic carbocycles. The Morgan fingerprint density at radius 1 is 0.850 bits per heavy atom. The first-order chi connectivity index (χ1) is 9.01. The summed E-state index contributed by atoms with van der Waals surface area (Å²) < 4.78 is 0. The van der Waals surface area contributed by atoms with Crippen molar-refractivity contribution in [1.29, 1.82) is 0 Å². The van der Waals surface area contributed by atoms with Gasteiger partial charge in [-0.25, -0.2) is 0 Å². The maximum atomic E-state index is 2.41. The second-order valence-corrected chi connectivity index (χ2v) is 12.2. The van der Waals surface area contributed by atoms with Gasteiger partial charge in [0.15, 0.2) is 0 Å². The lowest BCUT2D eigenvalue weighted by molar-refractivity contribution is 0.643. The summed E-state index contributed by atoms with van der Waals surface area (Å²) in [7, 11) is -0.0602. The van der Waals surface area contributed by atoms with Gasteiger partial charge in [-0.3, -0.25) is 0 Å². The topological polar surface area (TPSA) is 0 Å². The zero-order chi connectivity index (χ0) is 15.6. The van der Waals surface area contributed by atoms with Crippen molar-refractivity contribution in [2.24, 2.45) is 5.92 Å². The van der Waals surface area contributed by atoms with Crippen LogP contribution in [0.5, 0.6) is 0 Å². The summed E-state index contributed by atoms with van der Waals surface area (Å²) >= 11 is 0. The molecule has 20 heavy (non-hydrogen) atoms. The first kappa shape index (κ1) is 17.7. The molecule has 0 radical (unpaired) electrons. The molecule has 0 saturated carbocycles. The Hall–Kier alpha value is -0.350. The van der Waals surface area contributed by atoms with Gasteiger partial charge >= 0.3 is 0 Å². The molecule has 0 atom stereocenters. The highest BCUT2D eigenvalue weighted by atomic mass is 31.1. The molecule has 0 aliphatic rings. The Morgan fingerprint density at radius 3 is 1.70 bits per heavy atom. The average Bonchev–Trinajstić information content (AvgIpc) is 2.23. The second kappa shape index (κ2) is 6.61. The zero-order valence-electron chi connectivity index (χ0n) is 14.7. The molecule has 0 fully saturated rings. The van der Waals surface area contributed by atoms with E-state index >= 15 is 0 Å². The summed E-state index contributed by atoms with van der Waals surface area (Å²) in [6.45, 7) is 19.1. The van der Waals surface area contributed by atoms with Crippen LogP contribution in [-0.2, 0) is 12.6 Å². The van der Waals surface area contributed by atoms with Gasteiger partial charge in [0.05, 0.1) is 0 Å². The van der Waals surface area contributed by atoms with Gasteiger partial charge < -0.3 is 0 Å². The lowest BCUT2D eigenvalue weighted by Crippen LogP contribution is -2.26. The molecule has 1 heteroatoms. The van der Waals surface area contributed by atoms with Gasteiger partial charge in [0.1, 0.15) is 0 Å². The summed E-state index contributed by atoms with van der Waals surface area (Å²) in [5, 5.41) is 0.803. The van der Waals surface area contributed by atoms with Crippen LogP contribution in [0.15, 0.2) is 24.3 Å². The van der Waals surface area contributed by atoms with E-state index in [1.54, 1.807) is 11.1 Å². The van der Waals surface area contributed by atoms with Gasteiger partial charge in [-0.2, -0.15) is 0 Å². The number of rotatable bonds is 4. The maximum Gasteiger partial charge on any atom is -0.00610 e. The molecule has 0 spiro atoms. The minimum atomic E-state index is -0.0602. The lowest BCUT2D eigenvalue weighted by atomic mass is 9.99. The van der Waals surface area contributed by atoms with Crippen molar-refractivity contribution >= 4 is 7.92 Å². The van der Waals surface area contributed by atoms with Crippen LogP contribution in [0.25, 0.3) is 0 Å². The smallest absolute Gasteiger partial charge is 0.00610 e. The molecule has 114 valence electrons. The fourth-order valence-corrected chi connectivity index (χ4v) is 6.61. The van der Waals surface area contributed by atoms with Crippen LogP contribution in [0.1, 0.15) is 66.5 Å². The van der Waals surface area contributed by atoms with Crippen molar-refractivity contribution in [3.8, 4) is 0 Å². The highest BCUT2D eigenvalue weighted by Crippen LogP contribution is 2.61. The van der Waals surface area contributed by atoms with Crippen LogP contribution in [0.2, 0.25) is 0 Å². The van der Waals surface area contributed by atoms with E-state index in [4.69, 9.17) is 0 Å². The van der Waals surface area contributed by atoms with Gasteiger partial charge in [-0.15, -0.1) is 0 Å². The van der Waals surface area contributed by atoms with Crippen LogP contribution in [0.4, 0.5) is 0 Å². The lowest BCUT2D eigenvalue weighted by Gasteiger charge is -2.42. The Bertz CT molecular complexity index is 404. The van der Waals surface area contributed by atoms with Crippen LogP contribution >= 0.6 is 7.92 Å². The van der Waals surface area contributed by atoms with Crippen LogP contribution in [0, 0.1) is 5.92 Å². The first-order valence-electron chi connectivity index (χ1n) is 7.86. The maximum absolute atomic E-state index is 2.41. The minimum Gasteiger partial charge on any atom is -0.0911 e. The molecule has 0 bridgehead atoms. The number of hydrogen-bond acceptors (Lipinski definition) is 0. The zero-order valence-corrected chi connectivity index (χ0v) is 15.6. The van der Waals surface area contributed by atoms with Crippen LogP contribution in [-0.4, -0.2) is 10.3 Å². The van der Waals surface area contributed by atoms with E-state index in [2.05, 4.69) is 79.7 Å². The minimum absolute atomic E-state index is 0.0602. The van der Waals surface area contributed by atoms with Crippen molar-refractivity contribution in [1.82, 2.24) is 0 Å². The SMILES string of the molecule is CC(C)Cc1ccccc1CP(C(C)(C)C)C(C)(C)C. The summed E-state index contributed by atoms with van der Waals surface area (Å²) in [6.07, 6.45) is 2.46. The van der Waals surface area contributed by atoms with Gasteiger partial charge in [0, 0.05) is 0 Å². The van der Waals surface area contributed by atoms with Crippen molar-refractivity contribution < 1.29 is 0 Å². The highest BCUT2D eigenvalue weighted by molar-refractivity contribution is 7.60. The van der Waals surface area contributed by atoms with E-state index in [9.17, 15) is 0 Å². The molecule has 0 heterocycles. The number of hydrogen-bond donors (Lipinski definition) is 0. The van der Waals surface area contributed by atoms with E-state index in [-0.39, 0.29) is 7.92 Å². The van der Waals surface area contributed by atoms with Gasteiger partial charge in [0.25, 0.3) is 0 Å². The molecule has 1 rings (SSSR count). The summed E-state index contributed by atoms with van der Waals surface area (Å²) in [6, 6.07) is 9.08. The third-order valence-electron chi connectivity index (χ3n) is 3.69. The highest BCUT2D eigenvalue weighted by Gasteiger charge is 2.34. The van der Waals surface area contributed by atoms with Crippen molar-refractivity contribution in [2.75, 3.05) is 0 Å². The molecule has 0 saturated heterocycles. The Labute approximate surface area is 128 Å². The standard InChI is InChI=1S/C19H33P/c1-15(2)13-16-11-9-10-12-17(16)14-20(18(3,4)5)19(6,7)8/h9-12,15H,13-14H2,1-8H3. The van der Waals surface area contributed by atoms with E-state index in [0.717, 1.165) is 5.92 Å². The Morgan fingerprint density at radius 2 is 1.30 bits per heavy atom. The van der Waals surface area contributed by atoms with Gasteiger partial charge in [-0.1, -0.05) is 87.6 Å². The molecule has 0 amide bonds. The molecule has 0 aliphatic heterocycles. The van der Waals surface area contributed by atoms with Crippen LogP contribution in [0.3, 0.4) is 0 Å². The third kappa shape index (κ3) is 5.21. The predicted octanol–water partition coefficient (Wildman–Crippen LogP) is 6.46. The Kier molecular flexibility index (Phi) is 5.85. The predicted molar refractivity (Wildman–Crippen MR) is 95.1 cm³/mol. The summed E-state index contributed by atoms with van der Waals surface area (Å²) in [5.41, 5.74) is 3.14. The summed E-state index contributed by atoms with van der Waals surface area (Å²) in [4.78, 5) is 0. The van der Waals surface area contributed by atoms with E-state index in [0.29, 0.717) is 10.3 Å². The van der Waals surface area contributed by atoms with Gasteiger partial charge in [-0.05, 0) is 39.9 Å². The molecular formula is C19H33P. The quantitative estimate of drug-likeness (QED) is 0.558. The molecular weight excluding hydrogens is 259 g/mol. The van der Waals surface area contributed by atoms with E-state index < -0.39 is 0 Å². The molecule has 0 aromatic heterocycles. The monoisotopic (exact) mass is 292 g/mol. The first-order valence-corrected chi connectivity index (χ1v) is 9.39. The second-order valence-electron chi connectivity index (χ2n) is 8.29. The molecule has 0 N–H and O–H groups in total. The molecule has 0 nitrogen and oxygen atoms in total. The van der Waals surface area contributed by atoms with Crippen molar-refractivity contribution in [3.05, 3.63) is 35.4 Å². The van der Waals surface area contributed by atoms with E-state index in [1.807, 2.05) is 0 Å². The molecule has 0 unspecified atom stereocenters. The Balaban J connectivity index is 3.06. The van der Waals surface area contributed by atoms with Crippen molar-refractivity contribution in [3.63, 3.8) is 0 Å². The fraction of sp³-hybridized carbons (Fsp3) is 0.684. The van der Waals surface area contributed by atoms with Gasteiger partial charge in [0.2, 0.25) is 0 Å². The third-order valence-corrected chi connectivity index (χ3v) is 7.59.